The Kier molecular flexibility index (Phi) is 7.96. The van der Waals surface area contributed by atoms with Crippen LogP contribution in [0.3, 0.4) is 0 Å². The zero-order valence-electron chi connectivity index (χ0n) is 32.0. The van der Waals surface area contributed by atoms with Crippen molar-refractivity contribution < 1.29 is 9.84 Å². The van der Waals surface area contributed by atoms with Crippen molar-refractivity contribution in [3.8, 4) is 56.8 Å². The minimum atomic E-state index is -0.134. The minimum Gasteiger partial charge on any atom is -0.507 e. The van der Waals surface area contributed by atoms with Gasteiger partial charge in [-0.15, -0.1) is 0 Å². The lowest BCUT2D eigenvalue weighted by molar-refractivity contribution is 0.326. The Labute approximate surface area is 327 Å². The number of aromatic hydroxyl groups is 1. The number of ether oxygens (including phenoxy) is 1. The fraction of sp³-hybridized carbons (Fsp3) is 0.176. The molecule has 10 rings (SSSR count). The first-order valence-corrected chi connectivity index (χ1v) is 19.6. The summed E-state index contributed by atoms with van der Waals surface area (Å²) < 4.78 is 9.07. The van der Waals surface area contributed by atoms with Gasteiger partial charge >= 0.3 is 0 Å². The number of hydrogen-bond acceptors (Lipinski definition) is 4. The number of nitrogens with zero attached hydrogens (tertiary/aromatic N) is 3. The van der Waals surface area contributed by atoms with E-state index in [2.05, 4.69) is 147 Å². The molecule has 0 saturated heterocycles. The highest BCUT2D eigenvalue weighted by Crippen LogP contribution is 2.50. The van der Waals surface area contributed by atoms with E-state index in [0.29, 0.717) is 28.5 Å². The van der Waals surface area contributed by atoms with Crippen molar-refractivity contribution in [3.05, 3.63) is 179 Å². The highest BCUT2D eigenvalue weighted by atomic mass is 16.5. The molecule has 2 aromatic heterocycles. The summed E-state index contributed by atoms with van der Waals surface area (Å²) in [4.78, 5) is 10.6. The molecule has 0 amide bonds. The number of imidazole rings is 1. The van der Waals surface area contributed by atoms with Crippen molar-refractivity contribution in [3.63, 3.8) is 0 Å². The van der Waals surface area contributed by atoms with Crippen molar-refractivity contribution in [1.82, 2.24) is 14.5 Å². The molecule has 8 aromatic rings. The predicted octanol–water partition coefficient (Wildman–Crippen LogP) is 12.1. The maximum absolute atomic E-state index is 11.5. The predicted molar refractivity (Wildman–Crippen MR) is 226 cm³/mol. The van der Waals surface area contributed by atoms with Gasteiger partial charge in [0.25, 0.3) is 0 Å². The molecule has 0 bridgehead atoms. The first-order valence-electron chi connectivity index (χ1n) is 19.6. The van der Waals surface area contributed by atoms with E-state index in [1.54, 1.807) is 6.07 Å². The van der Waals surface area contributed by atoms with Crippen LogP contribution in [-0.4, -0.2) is 19.6 Å². The molecule has 2 aliphatic rings. The fourth-order valence-corrected chi connectivity index (χ4v) is 9.11. The number of fused-ring (bicyclic) bond motifs is 3. The van der Waals surface area contributed by atoms with Gasteiger partial charge in [0.15, 0.2) is 5.75 Å². The van der Waals surface area contributed by atoms with Crippen molar-refractivity contribution in [2.24, 2.45) is 5.41 Å². The van der Waals surface area contributed by atoms with Crippen LogP contribution in [0.5, 0.6) is 17.4 Å². The number of phenolic OH excluding ortho intramolecular Hbond substituents is 1. The second-order valence-corrected chi connectivity index (χ2v) is 16.7. The number of phenols is 1. The molecule has 2 heterocycles. The van der Waals surface area contributed by atoms with E-state index < -0.39 is 0 Å². The number of benzene rings is 6. The van der Waals surface area contributed by atoms with Gasteiger partial charge in [-0.25, -0.2) is 9.97 Å². The highest BCUT2D eigenvalue weighted by Gasteiger charge is 2.43. The smallest absolute Gasteiger partial charge is 0.220 e. The van der Waals surface area contributed by atoms with E-state index in [0.717, 1.165) is 64.8 Å². The van der Waals surface area contributed by atoms with Crippen molar-refractivity contribution >= 4 is 11.0 Å². The first kappa shape index (κ1) is 34.1. The lowest BCUT2D eigenvalue weighted by Gasteiger charge is -2.22. The molecule has 2 aliphatic carbocycles. The van der Waals surface area contributed by atoms with Crippen LogP contribution in [0.4, 0.5) is 0 Å². The molecule has 6 aromatic carbocycles. The molecule has 1 N–H and O–H groups in total. The highest BCUT2D eigenvalue weighted by molar-refractivity contribution is 5.91. The van der Waals surface area contributed by atoms with Crippen LogP contribution < -0.4 is 4.74 Å². The molecule has 274 valence electrons. The summed E-state index contributed by atoms with van der Waals surface area (Å²) in [5.74, 6) is 1.97. The van der Waals surface area contributed by atoms with Gasteiger partial charge < -0.3 is 9.84 Å². The molecule has 5 nitrogen and oxygen atoms in total. The number of rotatable bonds is 6. The average molecular weight is 730 g/mol. The zero-order chi connectivity index (χ0) is 38.0. The van der Waals surface area contributed by atoms with Gasteiger partial charge in [-0.05, 0) is 100 Å². The van der Waals surface area contributed by atoms with E-state index in [1.165, 1.54) is 22.3 Å². The van der Waals surface area contributed by atoms with Crippen LogP contribution in [0, 0.1) is 5.41 Å². The standard InChI is InChI=1S/C51H43N3O2/c1-50(2,3)38-25-26-44(55)40(28-38)49-53-48-43(54(49)42-22-13-12-21-39(42)33-15-6-4-7-16-33)23-14-24-45(48)56-46-27-37-31-51(29-35-19-10-11-20-36(35)30-51)32-41(37)47(52-46)34-17-8-5-9-18-34/h4-28,55H,29-32H2,1-3H3. The van der Waals surface area contributed by atoms with Gasteiger partial charge in [0.1, 0.15) is 17.1 Å². The summed E-state index contributed by atoms with van der Waals surface area (Å²) >= 11 is 0. The Morgan fingerprint density at radius 3 is 2.00 bits per heavy atom. The number of aromatic nitrogens is 3. The van der Waals surface area contributed by atoms with Crippen LogP contribution >= 0.6 is 0 Å². The van der Waals surface area contributed by atoms with Gasteiger partial charge in [0, 0.05) is 17.2 Å². The Balaban J connectivity index is 1.14. The summed E-state index contributed by atoms with van der Waals surface area (Å²) in [5, 5.41) is 11.5. The molecule has 56 heavy (non-hydrogen) atoms. The van der Waals surface area contributed by atoms with Crippen molar-refractivity contribution in [2.45, 2.75) is 51.9 Å². The van der Waals surface area contributed by atoms with Crippen LogP contribution in [-0.2, 0) is 31.1 Å². The largest absolute Gasteiger partial charge is 0.507 e. The molecule has 0 radical (unpaired) electrons. The molecular formula is C51H43N3O2. The Morgan fingerprint density at radius 2 is 1.27 bits per heavy atom. The van der Waals surface area contributed by atoms with Gasteiger partial charge in [-0.2, -0.15) is 0 Å². The Hall–Kier alpha value is -6.46. The third-order valence-corrected chi connectivity index (χ3v) is 11.8. The molecule has 0 saturated carbocycles. The lowest BCUT2D eigenvalue weighted by Crippen LogP contribution is -2.21. The third kappa shape index (κ3) is 5.86. The molecule has 0 atom stereocenters. The summed E-state index contributed by atoms with van der Waals surface area (Å²) in [6.45, 7) is 6.55. The topological polar surface area (TPSA) is 60.2 Å². The normalized spacial score (nSPS) is 14.3. The van der Waals surface area contributed by atoms with Crippen molar-refractivity contribution in [1.29, 1.82) is 0 Å². The maximum Gasteiger partial charge on any atom is 0.220 e. The Morgan fingerprint density at radius 1 is 0.607 bits per heavy atom. The molecule has 0 aliphatic heterocycles. The third-order valence-electron chi connectivity index (χ3n) is 11.8. The van der Waals surface area contributed by atoms with Gasteiger partial charge in [-0.3, -0.25) is 4.57 Å². The molecular weight excluding hydrogens is 687 g/mol. The molecule has 0 unspecified atom stereocenters. The van der Waals surface area contributed by atoms with Crippen LogP contribution in [0.25, 0.3) is 50.5 Å². The second kappa shape index (κ2) is 13.1. The van der Waals surface area contributed by atoms with Crippen LogP contribution in [0.2, 0.25) is 0 Å². The number of hydrogen-bond donors (Lipinski definition) is 1. The van der Waals surface area contributed by atoms with Crippen molar-refractivity contribution in [2.75, 3.05) is 0 Å². The minimum absolute atomic E-state index is 0.134. The van der Waals surface area contributed by atoms with E-state index in [9.17, 15) is 5.11 Å². The summed E-state index contributed by atoms with van der Waals surface area (Å²) in [7, 11) is 0. The van der Waals surface area contributed by atoms with Crippen LogP contribution in [0.15, 0.2) is 152 Å². The molecule has 5 heteroatoms. The molecule has 1 spiro atoms. The number of pyridine rings is 1. The second-order valence-electron chi connectivity index (χ2n) is 16.7. The fourth-order valence-electron chi connectivity index (χ4n) is 9.11. The van der Waals surface area contributed by atoms with E-state index >= 15 is 0 Å². The van der Waals surface area contributed by atoms with E-state index in [1.807, 2.05) is 24.3 Å². The van der Waals surface area contributed by atoms with Gasteiger partial charge in [0.05, 0.1) is 22.5 Å². The Bertz CT molecular complexity index is 2750. The summed E-state index contributed by atoms with van der Waals surface area (Å²) in [5.41, 5.74) is 14.1. The van der Waals surface area contributed by atoms with Gasteiger partial charge in [-0.1, -0.05) is 136 Å². The molecule has 0 fully saturated rings. The SMILES string of the molecule is CC(C)(C)c1ccc(O)c(-c2nc3c(Oc4cc5c(c(-c6ccccc6)n4)CC4(Cc6ccccc6C4)C5)cccc3n2-c2ccccc2-c2ccccc2)c1. The summed E-state index contributed by atoms with van der Waals surface area (Å²) in [6, 6.07) is 52.3. The number of para-hydroxylation sites is 2. The first-order chi connectivity index (χ1) is 27.2. The van der Waals surface area contributed by atoms with E-state index in [-0.39, 0.29) is 16.6 Å². The van der Waals surface area contributed by atoms with E-state index in [4.69, 9.17) is 14.7 Å². The summed E-state index contributed by atoms with van der Waals surface area (Å²) in [6.07, 6.45) is 4.14. The maximum atomic E-state index is 11.5. The zero-order valence-corrected chi connectivity index (χ0v) is 32.0. The monoisotopic (exact) mass is 729 g/mol. The lowest BCUT2D eigenvalue weighted by atomic mass is 9.81. The van der Waals surface area contributed by atoms with Crippen LogP contribution in [0.1, 0.15) is 48.6 Å². The van der Waals surface area contributed by atoms with Gasteiger partial charge in [0.2, 0.25) is 5.88 Å². The average Bonchev–Trinajstić information content (AvgIpc) is 3.90. The quantitative estimate of drug-likeness (QED) is 0.185.